The number of piperidine rings is 1. The summed E-state index contributed by atoms with van der Waals surface area (Å²) in [5, 5.41) is 2.88. The third-order valence-corrected chi connectivity index (χ3v) is 5.12. The topological polar surface area (TPSA) is 67.9 Å². The maximum Gasteiger partial charge on any atom is 0.239 e. The molecular weight excluding hydrogens is 320 g/mol. The number of likely N-dealkylation sites (tertiary alicyclic amines) is 1. The standard InChI is InChI=1S/C19H26N2O4/c1-14-6-4-5-7-15(14)20-16(22)18(2,3)17(23)21-10-8-19(9-11-21)24-12-13-25-19/h4-7H,8-13H2,1-3H3,(H,20,22). The lowest BCUT2D eigenvalue weighted by molar-refractivity contribution is -0.189. The van der Waals surface area contributed by atoms with Crippen LogP contribution in [0, 0.1) is 12.3 Å². The molecule has 6 heteroatoms. The Morgan fingerprint density at radius 2 is 1.72 bits per heavy atom. The highest BCUT2D eigenvalue weighted by Gasteiger charge is 2.45. The van der Waals surface area contributed by atoms with Crippen molar-refractivity contribution in [3.63, 3.8) is 0 Å². The van der Waals surface area contributed by atoms with E-state index in [-0.39, 0.29) is 11.8 Å². The molecule has 136 valence electrons. The van der Waals surface area contributed by atoms with Gasteiger partial charge in [0.15, 0.2) is 5.79 Å². The summed E-state index contributed by atoms with van der Waals surface area (Å²) in [4.78, 5) is 27.4. The number of hydrogen-bond donors (Lipinski definition) is 1. The molecule has 1 spiro atoms. The predicted molar refractivity (Wildman–Crippen MR) is 94.0 cm³/mol. The molecule has 0 bridgehead atoms. The van der Waals surface area contributed by atoms with E-state index < -0.39 is 11.2 Å². The van der Waals surface area contributed by atoms with Gasteiger partial charge in [0.1, 0.15) is 5.41 Å². The van der Waals surface area contributed by atoms with Crippen LogP contribution in [0.2, 0.25) is 0 Å². The maximum absolute atomic E-state index is 12.9. The number of hydrogen-bond acceptors (Lipinski definition) is 4. The molecule has 0 saturated carbocycles. The molecule has 25 heavy (non-hydrogen) atoms. The van der Waals surface area contributed by atoms with Gasteiger partial charge in [-0.1, -0.05) is 18.2 Å². The summed E-state index contributed by atoms with van der Waals surface area (Å²) < 4.78 is 11.4. The number of ether oxygens (including phenoxy) is 2. The molecule has 2 aliphatic rings. The van der Waals surface area contributed by atoms with Crippen molar-refractivity contribution in [2.75, 3.05) is 31.6 Å². The Morgan fingerprint density at radius 1 is 1.12 bits per heavy atom. The van der Waals surface area contributed by atoms with Crippen molar-refractivity contribution in [3.05, 3.63) is 29.8 Å². The molecule has 2 aliphatic heterocycles. The zero-order chi connectivity index (χ0) is 18.1. The highest BCUT2D eigenvalue weighted by atomic mass is 16.7. The van der Waals surface area contributed by atoms with Gasteiger partial charge in [-0.3, -0.25) is 9.59 Å². The first-order chi connectivity index (χ1) is 11.8. The Morgan fingerprint density at radius 3 is 2.32 bits per heavy atom. The van der Waals surface area contributed by atoms with Crippen molar-refractivity contribution in [1.29, 1.82) is 0 Å². The van der Waals surface area contributed by atoms with Crippen LogP contribution in [0.5, 0.6) is 0 Å². The van der Waals surface area contributed by atoms with Gasteiger partial charge in [0.2, 0.25) is 11.8 Å². The van der Waals surface area contributed by atoms with Crippen LogP contribution < -0.4 is 5.32 Å². The number of nitrogens with one attached hydrogen (secondary N) is 1. The second-order valence-electron chi connectivity index (χ2n) is 7.29. The molecule has 2 heterocycles. The molecule has 1 aromatic carbocycles. The van der Waals surface area contributed by atoms with Crippen LogP contribution in [0.3, 0.4) is 0 Å². The Bertz CT molecular complexity index is 655. The first-order valence-corrected chi connectivity index (χ1v) is 8.78. The van der Waals surface area contributed by atoms with Crippen LogP contribution in [0.25, 0.3) is 0 Å². The second kappa shape index (κ2) is 6.77. The molecule has 0 aliphatic carbocycles. The lowest BCUT2D eigenvalue weighted by atomic mass is 9.88. The van der Waals surface area contributed by atoms with Gasteiger partial charge in [0.25, 0.3) is 0 Å². The molecule has 1 aromatic rings. The lowest BCUT2D eigenvalue weighted by Crippen LogP contribution is -2.53. The average Bonchev–Trinajstić information content (AvgIpc) is 3.05. The molecule has 0 radical (unpaired) electrons. The normalized spacial score (nSPS) is 19.9. The largest absolute Gasteiger partial charge is 0.347 e. The molecule has 0 atom stereocenters. The van der Waals surface area contributed by atoms with Crippen molar-refractivity contribution < 1.29 is 19.1 Å². The molecular formula is C19H26N2O4. The summed E-state index contributed by atoms with van der Waals surface area (Å²) in [5.41, 5.74) is 0.567. The minimum absolute atomic E-state index is 0.161. The van der Waals surface area contributed by atoms with Gasteiger partial charge in [-0.15, -0.1) is 0 Å². The fraction of sp³-hybridized carbons (Fsp3) is 0.579. The quantitative estimate of drug-likeness (QED) is 0.853. The third-order valence-electron chi connectivity index (χ3n) is 5.12. The van der Waals surface area contributed by atoms with Crippen molar-refractivity contribution in [1.82, 2.24) is 4.90 Å². The van der Waals surface area contributed by atoms with Crippen molar-refractivity contribution in [3.8, 4) is 0 Å². The smallest absolute Gasteiger partial charge is 0.239 e. The van der Waals surface area contributed by atoms with E-state index in [4.69, 9.17) is 9.47 Å². The Hall–Kier alpha value is -1.92. The van der Waals surface area contributed by atoms with Crippen molar-refractivity contribution in [2.24, 2.45) is 5.41 Å². The highest BCUT2D eigenvalue weighted by molar-refractivity contribution is 6.10. The Balaban J connectivity index is 1.64. The van der Waals surface area contributed by atoms with E-state index in [0.29, 0.717) is 39.1 Å². The van der Waals surface area contributed by atoms with Crippen molar-refractivity contribution in [2.45, 2.75) is 39.4 Å². The second-order valence-corrected chi connectivity index (χ2v) is 7.29. The van der Waals surface area contributed by atoms with Crippen LogP contribution in [-0.4, -0.2) is 48.8 Å². The molecule has 0 unspecified atom stereocenters. The fourth-order valence-corrected chi connectivity index (χ4v) is 3.32. The summed E-state index contributed by atoms with van der Waals surface area (Å²) in [6, 6.07) is 7.55. The van der Waals surface area contributed by atoms with Crippen LogP contribution >= 0.6 is 0 Å². The van der Waals surface area contributed by atoms with E-state index in [1.165, 1.54) is 0 Å². The molecule has 2 amide bonds. The predicted octanol–water partition coefficient (Wildman–Crippen LogP) is 2.33. The van der Waals surface area contributed by atoms with E-state index in [9.17, 15) is 9.59 Å². The summed E-state index contributed by atoms with van der Waals surface area (Å²) in [7, 11) is 0. The number of rotatable bonds is 3. The first-order valence-electron chi connectivity index (χ1n) is 8.78. The van der Waals surface area contributed by atoms with E-state index in [0.717, 1.165) is 11.3 Å². The zero-order valence-corrected chi connectivity index (χ0v) is 15.1. The van der Waals surface area contributed by atoms with Gasteiger partial charge in [0.05, 0.1) is 13.2 Å². The summed E-state index contributed by atoms with van der Waals surface area (Å²) in [6.45, 7) is 7.58. The Labute approximate surface area is 148 Å². The van der Waals surface area contributed by atoms with Crippen LogP contribution in [0.1, 0.15) is 32.3 Å². The number of para-hydroxylation sites is 1. The summed E-state index contributed by atoms with van der Waals surface area (Å²) >= 11 is 0. The van der Waals surface area contributed by atoms with Gasteiger partial charge in [-0.05, 0) is 32.4 Å². The van der Waals surface area contributed by atoms with Crippen LogP contribution in [-0.2, 0) is 19.1 Å². The highest BCUT2D eigenvalue weighted by Crippen LogP contribution is 2.33. The van der Waals surface area contributed by atoms with E-state index in [2.05, 4.69) is 5.32 Å². The minimum atomic E-state index is -1.13. The first kappa shape index (κ1) is 17.9. The molecule has 1 N–H and O–H groups in total. The number of anilines is 1. The van der Waals surface area contributed by atoms with Gasteiger partial charge in [0, 0.05) is 31.6 Å². The van der Waals surface area contributed by atoms with E-state index >= 15 is 0 Å². The minimum Gasteiger partial charge on any atom is -0.347 e. The zero-order valence-electron chi connectivity index (χ0n) is 15.1. The molecule has 3 rings (SSSR count). The monoisotopic (exact) mass is 346 g/mol. The molecule has 2 saturated heterocycles. The maximum atomic E-state index is 12.9. The van der Waals surface area contributed by atoms with Crippen LogP contribution in [0.15, 0.2) is 24.3 Å². The SMILES string of the molecule is Cc1ccccc1NC(=O)C(C)(C)C(=O)N1CCC2(CC1)OCCO2. The third kappa shape index (κ3) is 3.55. The van der Waals surface area contributed by atoms with Gasteiger partial charge in [-0.2, -0.15) is 0 Å². The van der Waals surface area contributed by atoms with Gasteiger partial charge in [-0.25, -0.2) is 0 Å². The Kier molecular flexibility index (Phi) is 4.84. The number of benzene rings is 1. The number of amides is 2. The van der Waals surface area contributed by atoms with Crippen molar-refractivity contribution >= 4 is 17.5 Å². The summed E-state index contributed by atoms with van der Waals surface area (Å²) in [5.74, 6) is -0.975. The summed E-state index contributed by atoms with van der Waals surface area (Å²) in [6.07, 6.45) is 1.29. The van der Waals surface area contributed by atoms with E-state index in [1.807, 2.05) is 31.2 Å². The number of carbonyl (C=O) groups is 2. The van der Waals surface area contributed by atoms with Crippen LogP contribution in [0.4, 0.5) is 5.69 Å². The van der Waals surface area contributed by atoms with Gasteiger partial charge < -0.3 is 19.7 Å². The molecule has 6 nitrogen and oxygen atoms in total. The fourth-order valence-electron chi connectivity index (χ4n) is 3.32. The molecule has 2 fully saturated rings. The van der Waals surface area contributed by atoms with E-state index in [1.54, 1.807) is 18.7 Å². The average molecular weight is 346 g/mol. The number of carbonyl (C=O) groups excluding carboxylic acids is 2. The molecule has 0 aromatic heterocycles. The number of aryl methyl sites for hydroxylation is 1. The number of nitrogens with zero attached hydrogens (tertiary/aromatic N) is 1. The lowest BCUT2D eigenvalue weighted by Gasteiger charge is -2.40. The van der Waals surface area contributed by atoms with Gasteiger partial charge >= 0.3 is 0 Å².